The molecule has 0 fully saturated rings. The molecule has 6 nitrogen and oxygen atoms in total. The normalized spacial score (nSPS) is 13.2. The largest absolute Gasteiger partial charge is 0.467 e. The molecule has 2 amide bonds. The van der Waals surface area contributed by atoms with Crippen LogP contribution >= 0.6 is 0 Å². The van der Waals surface area contributed by atoms with Crippen molar-refractivity contribution in [3.63, 3.8) is 0 Å². The van der Waals surface area contributed by atoms with Gasteiger partial charge in [-0.05, 0) is 24.6 Å². The highest BCUT2D eigenvalue weighted by atomic mass is 16.3. The summed E-state index contributed by atoms with van der Waals surface area (Å²) in [4.78, 5) is 23.4. The number of aliphatic hydroxyl groups is 1. The van der Waals surface area contributed by atoms with Crippen molar-refractivity contribution in [2.75, 3.05) is 6.54 Å². The predicted molar refractivity (Wildman–Crippen MR) is 79.6 cm³/mol. The van der Waals surface area contributed by atoms with Crippen molar-refractivity contribution in [2.45, 2.75) is 19.1 Å². The Morgan fingerprint density at radius 3 is 2.41 bits per heavy atom. The van der Waals surface area contributed by atoms with E-state index >= 15 is 0 Å². The van der Waals surface area contributed by atoms with E-state index in [9.17, 15) is 14.7 Å². The highest BCUT2D eigenvalue weighted by Crippen LogP contribution is 2.18. The Morgan fingerprint density at radius 2 is 1.77 bits per heavy atom. The molecule has 0 unspecified atom stereocenters. The van der Waals surface area contributed by atoms with Crippen LogP contribution in [0, 0.1) is 0 Å². The predicted octanol–water partition coefficient (Wildman–Crippen LogP) is 0.920. The summed E-state index contributed by atoms with van der Waals surface area (Å²) in [6, 6.07) is 12.3. The van der Waals surface area contributed by atoms with Crippen LogP contribution < -0.4 is 10.6 Å². The smallest absolute Gasteiger partial charge is 0.309 e. The molecule has 1 aromatic carbocycles. The van der Waals surface area contributed by atoms with Crippen molar-refractivity contribution in [3.8, 4) is 0 Å². The number of rotatable bonds is 5. The van der Waals surface area contributed by atoms with Gasteiger partial charge in [0, 0.05) is 0 Å². The fraction of sp³-hybridized carbons (Fsp3) is 0.250. The number of carbonyl (C=O) groups is 2. The lowest BCUT2D eigenvalue weighted by molar-refractivity contribution is -0.140. The van der Waals surface area contributed by atoms with Crippen molar-refractivity contribution < 1.29 is 19.1 Å². The quantitative estimate of drug-likeness (QED) is 0.716. The molecule has 116 valence electrons. The zero-order valence-corrected chi connectivity index (χ0v) is 12.2. The van der Waals surface area contributed by atoms with Gasteiger partial charge in [0.25, 0.3) is 0 Å². The minimum absolute atomic E-state index is 0.0655. The van der Waals surface area contributed by atoms with Crippen LogP contribution in [0.5, 0.6) is 0 Å². The number of furan rings is 1. The zero-order valence-electron chi connectivity index (χ0n) is 12.2. The van der Waals surface area contributed by atoms with Gasteiger partial charge in [0.2, 0.25) is 0 Å². The third kappa shape index (κ3) is 4.20. The second-order valence-corrected chi connectivity index (χ2v) is 5.08. The third-order valence-electron chi connectivity index (χ3n) is 3.20. The average Bonchev–Trinajstić information content (AvgIpc) is 3.04. The van der Waals surface area contributed by atoms with E-state index in [1.165, 1.54) is 6.26 Å². The molecule has 1 heterocycles. The maximum Gasteiger partial charge on any atom is 0.309 e. The molecule has 6 heteroatoms. The molecule has 0 saturated carbocycles. The lowest BCUT2D eigenvalue weighted by atomic mass is 9.96. The average molecular weight is 302 g/mol. The molecule has 0 radical (unpaired) electrons. The van der Waals surface area contributed by atoms with Crippen molar-refractivity contribution in [1.29, 1.82) is 0 Å². The van der Waals surface area contributed by atoms with E-state index in [2.05, 4.69) is 10.6 Å². The second-order valence-electron chi connectivity index (χ2n) is 5.08. The highest BCUT2D eigenvalue weighted by molar-refractivity contribution is 6.35. The number of nitrogens with one attached hydrogen (secondary N) is 2. The minimum Gasteiger partial charge on any atom is -0.467 e. The lowest BCUT2D eigenvalue weighted by Crippen LogP contribution is -2.45. The molecule has 3 N–H and O–H groups in total. The number of benzene rings is 1. The van der Waals surface area contributed by atoms with E-state index in [1.54, 1.807) is 43.3 Å². The van der Waals surface area contributed by atoms with Crippen molar-refractivity contribution in [1.82, 2.24) is 10.6 Å². The van der Waals surface area contributed by atoms with Crippen LogP contribution in [0.15, 0.2) is 53.1 Å². The summed E-state index contributed by atoms with van der Waals surface area (Å²) in [5, 5.41) is 15.2. The van der Waals surface area contributed by atoms with E-state index in [0.29, 0.717) is 11.3 Å². The molecule has 0 saturated heterocycles. The van der Waals surface area contributed by atoms with Gasteiger partial charge in [-0.1, -0.05) is 30.3 Å². The summed E-state index contributed by atoms with van der Waals surface area (Å²) in [5.74, 6) is -1.03. The molecule has 0 spiro atoms. The molecule has 0 aliphatic heterocycles. The Hall–Kier alpha value is -2.60. The molecule has 0 aliphatic carbocycles. The summed E-state index contributed by atoms with van der Waals surface area (Å²) >= 11 is 0. The van der Waals surface area contributed by atoms with Crippen LogP contribution in [0.2, 0.25) is 0 Å². The fourth-order valence-electron chi connectivity index (χ4n) is 1.89. The fourth-order valence-corrected chi connectivity index (χ4v) is 1.89. The van der Waals surface area contributed by atoms with Crippen LogP contribution in [0.25, 0.3) is 0 Å². The molecule has 1 aromatic heterocycles. The molecular weight excluding hydrogens is 284 g/mol. The monoisotopic (exact) mass is 302 g/mol. The van der Waals surface area contributed by atoms with Crippen LogP contribution in [0.1, 0.15) is 18.2 Å². The van der Waals surface area contributed by atoms with Gasteiger partial charge in [0.15, 0.2) is 0 Å². The summed E-state index contributed by atoms with van der Waals surface area (Å²) in [7, 11) is 0. The molecule has 2 rings (SSSR count). The molecule has 22 heavy (non-hydrogen) atoms. The van der Waals surface area contributed by atoms with Crippen LogP contribution in [0.3, 0.4) is 0 Å². The Bertz CT molecular complexity index is 621. The molecule has 2 aromatic rings. The van der Waals surface area contributed by atoms with Gasteiger partial charge in [-0.3, -0.25) is 9.59 Å². The summed E-state index contributed by atoms with van der Waals surface area (Å²) in [6.07, 6.45) is 1.48. The lowest BCUT2D eigenvalue weighted by Gasteiger charge is -2.24. The van der Waals surface area contributed by atoms with Gasteiger partial charge in [-0.15, -0.1) is 0 Å². The first-order chi connectivity index (χ1) is 10.5. The van der Waals surface area contributed by atoms with Gasteiger partial charge in [-0.2, -0.15) is 0 Å². The Balaban J connectivity index is 1.82. The number of hydrogen-bond acceptors (Lipinski definition) is 4. The standard InChI is InChI=1S/C16H18N2O4/c1-16(21,12-6-3-2-4-7-12)11-18-15(20)14(19)17-10-13-8-5-9-22-13/h2-9,21H,10-11H2,1H3,(H,17,19)(H,18,20)/t16-/m1/s1. The van der Waals surface area contributed by atoms with Gasteiger partial charge < -0.3 is 20.2 Å². The SMILES string of the molecule is C[C@@](O)(CNC(=O)C(=O)NCc1ccco1)c1ccccc1. The molecular formula is C16H18N2O4. The highest BCUT2D eigenvalue weighted by Gasteiger charge is 2.25. The summed E-state index contributed by atoms with van der Waals surface area (Å²) in [5.41, 5.74) is -0.593. The van der Waals surface area contributed by atoms with Crippen LogP contribution in [-0.4, -0.2) is 23.5 Å². The zero-order chi connectivity index (χ0) is 16.0. The van der Waals surface area contributed by atoms with Gasteiger partial charge >= 0.3 is 11.8 Å². The Morgan fingerprint density at radius 1 is 1.09 bits per heavy atom. The number of hydrogen-bond donors (Lipinski definition) is 3. The number of amides is 2. The van der Waals surface area contributed by atoms with E-state index in [4.69, 9.17) is 4.42 Å². The van der Waals surface area contributed by atoms with Crippen molar-refractivity contribution in [2.24, 2.45) is 0 Å². The topological polar surface area (TPSA) is 91.6 Å². The molecule has 0 bridgehead atoms. The van der Waals surface area contributed by atoms with Gasteiger partial charge in [0.1, 0.15) is 11.4 Å². The van der Waals surface area contributed by atoms with Crippen LogP contribution in [-0.2, 0) is 21.7 Å². The molecule has 0 aliphatic rings. The van der Waals surface area contributed by atoms with Crippen LogP contribution in [0.4, 0.5) is 0 Å². The first-order valence-electron chi connectivity index (χ1n) is 6.85. The molecule has 1 atom stereocenters. The van der Waals surface area contributed by atoms with Gasteiger partial charge in [-0.25, -0.2) is 0 Å². The first kappa shape index (κ1) is 15.8. The van der Waals surface area contributed by atoms with Crippen molar-refractivity contribution in [3.05, 3.63) is 60.1 Å². The minimum atomic E-state index is -1.25. The van der Waals surface area contributed by atoms with E-state index < -0.39 is 17.4 Å². The van der Waals surface area contributed by atoms with E-state index in [0.717, 1.165) is 0 Å². The first-order valence-corrected chi connectivity index (χ1v) is 6.85. The van der Waals surface area contributed by atoms with E-state index in [1.807, 2.05) is 6.07 Å². The Labute approximate surface area is 128 Å². The summed E-state index contributed by atoms with van der Waals surface area (Å²) < 4.78 is 5.05. The third-order valence-corrected chi connectivity index (χ3v) is 3.20. The maximum absolute atomic E-state index is 11.7. The van der Waals surface area contributed by atoms with Crippen molar-refractivity contribution >= 4 is 11.8 Å². The maximum atomic E-state index is 11.7. The van der Waals surface area contributed by atoms with E-state index in [-0.39, 0.29) is 13.1 Å². The summed E-state index contributed by atoms with van der Waals surface area (Å²) in [6.45, 7) is 1.64. The van der Waals surface area contributed by atoms with Gasteiger partial charge in [0.05, 0.1) is 19.4 Å². The second kappa shape index (κ2) is 6.91. The Kier molecular flexibility index (Phi) is 4.95. The number of carbonyl (C=O) groups excluding carboxylic acids is 2.